The van der Waals surface area contributed by atoms with Crippen LogP contribution < -0.4 is 10.6 Å². The van der Waals surface area contributed by atoms with Gasteiger partial charge in [-0.3, -0.25) is 5.10 Å². The van der Waals surface area contributed by atoms with Gasteiger partial charge >= 0.3 is 0 Å². The quantitative estimate of drug-likeness (QED) is 0.477. The molecule has 2 aromatic heterocycles. The van der Waals surface area contributed by atoms with Gasteiger partial charge in [0.1, 0.15) is 5.75 Å². The molecule has 0 radical (unpaired) electrons. The summed E-state index contributed by atoms with van der Waals surface area (Å²) < 4.78 is 0.705. The third-order valence-electron chi connectivity index (χ3n) is 3.80. The maximum absolute atomic E-state index is 9.59. The van der Waals surface area contributed by atoms with Crippen molar-refractivity contribution >= 4 is 50.8 Å². The lowest BCUT2D eigenvalue weighted by Gasteiger charge is -2.10. The Morgan fingerprint density at radius 2 is 2.08 bits per heavy atom. The van der Waals surface area contributed by atoms with Gasteiger partial charge in [-0.15, -0.1) is 0 Å². The standard InChI is InChI=1S/C16H14BrClN6O/c17-10-7-19-16(20-13-5-9(25)3-4-11(13)18)22-15(10)21-14-6-12(23-24-14)8-1-2-8/h3-8,25H,1-2H2,(H3,19,20,21,22,23,24). The third-order valence-corrected chi connectivity index (χ3v) is 4.71. The van der Waals surface area contributed by atoms with Crippen LogP contribution >= 0.6 is 27.5 Å². The normalized spacial score (nSPS) is 13.7. The highest BCUT2D eigenvalue weighted by atomic mass is 79.9. The largest absolute Gasteiger partial charge is 0.508 e. The average Bonchev–Trinajstić information content (AvgIpc) is 3.34. The summed E-state index contributed by atoms with van der Waals surface area (Å²) in [6.45, 7) is 0. The molecule has 0 unspecified atom stereocenters. The topological polar surface area (TPSA) is 98.8 Å². The van der Waals surface area contributed by atoms with Crippen molar-refractivity contribution in [3.8, 4) is 5.75 Å². The van der Waals surface area contributed by atoms with Gasteiger partial charge in [-0.1, -0.05) is 11.6 Å². The smallest absolute Gasteiger partial charge is 0.229 e. The highest BCUT2D eigenvalue weighted by Crippen LogP contribution is 2.40. The van der Waals surface area contributed by atoms with Crippen molar-refractivity contribution in [1.82, 2.24) is 20.2 Å². The van der Waals surface area contributed by atoms with Gasteiger partial charge in [-0.25, -0.2) is 4.98 Å². The van der Waals surface area contributed by atoms with Crippen LogP contribution in [0.3, 0.4) is 0 Å². The van der Waals surface area contributed by atoms with Gasteiger partial charge in [0.05, 0.1) is 15.2 Å². The van der Waals surface area contributed by atoms with E-state index in [0.717, 1.165) is 5.69 Å². The summed E-state index contributed by atoms with van der Waals surface area (Å²) in [5.41, 5.74) is 1.66. The lowest BCUT2D eigenvalue weighted by molar-refractivity contribution is 0.475. The van der Waals surface area contributed by atoms with E-state index in [9.17, 15) is 5.11 Å². The fourth-order valence-corrected chi connectivity index (χ4v) is 2.82. The second-order valence-corrected chi connectivity index (χ2v) is 7.05. The lowest BCUT2D eigenvalue weighted by atomic mass is 10.3. The number of phenolic OH excluding ortho intramolecular Hbond substituents is 1. The Hall–Kier alpha value is -2.32. The molecule has 9 heteroatoms. The maximum Gasteiger partial charge on any atom is 0.229 e. The number of anilines is 4. The number of hydrogen-bond donors (Lipinski definition) is 4. The molecule has 25 heavy (non-hydrogen) atoms. The molecule has 0 amide bonds. The molecule has 0 saturated heterocycles. The van der Waals surface area contributed by atoms with Gasteiger partial charge in [0, 0.05) is 29.9 Å². The zero-order valence-electron chi connectivity index (χ0n) is 12.9. The minimum absolute atomic E-state index is 0.103. The van der Waals surface area contributed by atoms with Gasteiger partial charge in [0.15, 0.2) is 11.6 Å². The number of rotatable bonds is 5. The number of H-pyrrole nitrogens is 1. The highest BCUT2D eigenvalue weighted by Gasteiger charge is 2.25. The number of halogens is 2. The number of phenols is 1. The number of nitrogens with one attached hydrogen (secondary N) is 3. The molecule has 0 aliphatic heterocycles. The van der Waals surface area contributed by atoms with E-state index in [1.54, 1.807) is 12.3 Å². The van der Waals surface area contributed by atoms with E-state index in [1.807, 2.05) is 6.07 Å². The average molecular weight is 422 g/mol. The van der Waals surface area contributed by atoms with Crippen molar-refractivity contribution in [1.29, 1.82) is 0 Å². The zero-order valence-corrected chi connectivity index (χ0v) is 15.3. The summed E-state index contributed by atoms with van der Waals surface area (Å²) in [5, 5.41) is 23.5. The van der Waals surface area contributed by atoms with Crippen molar-refractivity contribution in [2.75, 3.05) is 10.6 Å². The summed E-state index contributed by atoms with van der Waals surface area (Å²) in [4.78, 5) is 8.64. The predicted molar refractivity (Wildman–Crippen MR) is 100.0 cm³/mol. The molecule has 0 spiro atoms. The molecule has 0 atom stereocenters. The minimum atomic E-state index is 0.103. The lowest BCUT2D eigenvalue weighted by Crippen LogP contribution is -2.02. The van der Waals surface area contributed by atoms with Crippen LogP contribution in [0, 0.1) is 0 Å². The van der Waals surface area contributed by atoms with E-state index in [0.29, 0.717) is 38.7 Å². The first-order valence-electron chi connectivity index (χ1n) is 7.69. The molecule has 1 fully saturated rings. The summed E-state index contributed by atoms with van der Waals surface area (Å²) in [6.07, 6.45) is 4.04. The number of benzene rings is 1. The van der Waals surface area contributed by atoms with Crippen molar-refractivity contribution in [3.05, 3.63) is 45.7 Å². The number of aromatic nitrogens is 4. The Labute approximate surface area is 157 Å². The van der Waals surface area contributed by atoms with Crippen molar-refractivity contribution < 1.29 is 5.11 Å². The second-order valence-electron chi connectivity index (χ2n) is 5.79. The molecule has 128 valence electrons. The van der Waals surface area contributed by atoms with Gasteiger partial charge < -0.3 is 15.7 Å². The van der Waals surface area contributed by atoms with Gasteiger partial charge in [0.2, 0.25) is 5.95 Å². The molecular weight excluding hydrogens is 408 g/mol. The summed E-state index contributed by atoms with van der Waals surface area (Å²) in [6, 6.07) is 6.61. The monoisotopic (exact) mass is 420 g/mol. The molecular formula is C16H14BrClN6O. The molecule has 7 nitrogen and oxygen atoms in total. The Balaban J connectivity index is 1.56. The van der Waals surface area contributed by atoms with Gasteiger partial charge in [0.25, 0.3) is 0 Å². The Morgan fingerprint density at radius 3 is 2.88 bits per heavy atom. The maximum atomic E-state index is 9.59. The van der Waals surface area contributed by atoms with Crippen LogP contribution in [0.5, 0.6) is 5.75 Å². The van der Waals surface area contributed by atoms with Crippen molar-refractivity contribution in [3.63, 3.8) is 0 Å². The van der Waals surface area contributed by atoms with Crippen molar-refractivity contribution in [2.45, 2.75) is 18.8 Å². The summed E-state index contributed by atoms with van der Waals surface area (Å²) >= 11 is 9.55. The van der Waals surface area contributed by atoms with Crippen LogP contribution in [-0.2, 0) is 0 Å². The molecule has 1 saturated carbocycles. The molecule has 2 heterocycles. The number of hydrogen-bond acceptors (Lipinski definition) is 6. The predicted octanol–water partition coefficient (Wildman–Crippen LogP) is 4.69. The molecule has 4 rings (SSSR count). The Kier molecular flexibility index (Phi) is 4.22. The van der Waals surface area contributed by atoms with E-state index in [4.69, 9.17) is 11.6 Å². The fourth-order valence-electron chi connectivity index (χ4n) is 2.37. The van der Waals surface area contributed by atoms with Crippen molar-refractivity contribution in [2.24, 2.45) is 0 Å². The first-order chi connectivity index (χ1) is 12.1. The summed E-state index contributed by atoms with van der Waals surface area (Å²) in [5.74, 6) is 2.31. The second kappa shape index (κ2) is 6.53. The Morgan fingerprint density at radius 1 is 1.24 bits per heavy atom. The highest BCUT2D eigenvalue weighted by molar-refractivity contribution is 9.10. The molecule has 1 aliphatic rings. The van der Waals surface area contributed by atoms with Crippen LogP contribution in [0.2, 0.25) is 5.02 Å². The minimum Gasteiger partial charge on any atom is -0.508 e. The van der Waals surface area contributed by atoms with Crippen LogP contribution in [0.1, 0.15) is 24.5 Å². The van der Waals surface area contributed by atoms with Crippen LogP contribution in [0.25, 0.3) is 0 Å². The van der Waals surface area contributed by atoms with E-state index in [-0.39, 0.29) is 5.75 Å². The molecule has 3 aromatic rings. The molecule has 1 aromatic carbocycles. The van der Waals surface area contributed by atoms with Crippen LogP contribution in [-0.4, -0.2) is 25.3 Å². The first kappa shape index (κ1) is 16.2. The molecule has 4 N–H and O–H groups in total. The van der Waals surface area contributed by atoms with E-state index < -0.39 is 0 Å². The van der Waals surface area contributed by atoms with E-state index in [2.05, 4.69) is 46.7 Å². The first-order valence-corrected chi connectivity index (χ1v) is 8.86. The zero-order chi connectivity index (χ0) is 17.4. The third kappa shape index (κ3) is 3.69. The fraction of sp³-hybridized carbons (Fsp3) is 0.188. The number of aromatic hydroxyl groups is 1. The van der Waals surface area contributed by atoms with Crippen LogP contribution in [0.4, 0.5) is 23.3 Å². The summed E-state index contributed by atoms with van der Waals surface area (Å²) in [7, 11) is 0. The molecule has 0 bridgehead atoms. The van der Waals surface area contributed by atoms with E-state index in [1.165, 1.54) is 25.0 Å². The van der Waals surface area contributed by atoms with Gasteiger partial charge in [-0.2, -0.15) is 10.1 Å². The SMILES string of the molecule is Oc1ccc(Cl)c(Nc2ncc(Br)c(Nc3cc(C4CC4)[nH]n3)n2)c1. The van der Waals surface area contributed by atoms with Crippen LogP contribution in [0.15, 0.2) is 34.9 Å². The van der Waals surface area contributed by atoms with Gasteiger partial charge in [-0.05, 0) is 40.9 Å². The number of nitrogens with zero attached hydrogens (tertiary/aromatic N) is 3. The molecule has 1 aliphatic carbocycles. The Bertz CT molecular complexity index is 927. The van der Waals surface area contributed by atoms with E-state index >= 15 is 0 Å². The number of aromatic amines is 1.